The van der Waals surface area contributed by atoms with Crippen LogP contribution in [0.2, 0.25) is 0 Å². The minimum Gasteiger partial charge on any atom is -0.346 e. The van der Waals surface area contributed by atoms with Crippen molar-refractivity contribution < 1.29 is 14.4 Å². The number of rotatable bonds is 6. The van der Waals surface area contributed by atoms with Gasteiger partial charge in [0.05, 0.1) is 11.7 Å². The molecular weight excluding hydrogens is 348 g/mol. The van der Waals surface area contributed by atoms with Crippen LogP contribution >= 0.6 is 11.8 Å². The maximum atomic E-state index is 12.8. The average molecular weight is 377 g/mol. The van der Waals surface area contributed by atoms with Crippen molar-refractivity contribution in [1.29, 1.82) is 0 Å². The molecule has 1 aromatic rings. The summed E-state index contributed by atoms with van der Waals surface area (Å²) in [5, 5.41) is 5.56. The molecule has 1 aromatic carbocycles. The quantitative estimate of drug-likeness (QED) is 0.732. The highest BCUT2D eigenvalue weighted by molar-refractivity contribution is 8.14. The van der Waals surface area contributed by atoms with Crippen LogP contribution in [0.3, 0.4) is 0 Å². The minimum atomic E-state index is -0.530. The number of hydrogen-bond donors (Lipinski definition) is 2. The van der Waals surface area contributed by atoms with Crippen LogP contribution in [0.25, 0.3) is 0 Å². The fourth-order valence-electron chi connectivity index (χ4n) is 3.24. The molecule has 5 nitrogen and oxygen atoms in total. The van der Waals surface area contributed by atoms with Gasteiger partial charge in [-0.2, -0.15) is 0 Å². The number of carbonyl (C=O) groups is 3. The zero-order chi connectivity index (χ0) is 19.2. The molecule has 2 amide bonds. The molecule has 2 rings (SSSR count). The zero-order valence-electron chi connectivity index (χ0n) is 15.8. The third-order valence-electron chi connectivity index (χ3n) is 4.92. The summed E-state index contributed by atoms with van der Waals surface area (Å²) in [5.41, 5.74) is 0.308. The van der Waals surface area contributed by atoms with Crippen LogP contribution in [0.5, 0.6) is 0 Å². The second kappa shape index (κ2) is 9.21. The predicted octanol–water partition coefficient (Wildman–Crippen LogP) is 4.13. The Hall–Kier alpha value is -1.82. The number of nitrogens with one attached hydrogen (secondary N) is 2. The molecule has 26 heavy (non-hydrogen) atoms. The van der Waals surface area contributed by atoms with Gasteiger partial charge in [0.1, 0.15) is 0 Å². The van der Waals surface area contributed by atoms with Crippen LogP contribution < -0.4 is 10.6 Å². The van der Waals surface area contributed by atoms with Crippen molar-refractivity contribution in [2.45, 2.75) is 70.2 Å². The van der Waals surface area contributed by atoms with E-state index in [1.807, 2.05) is 38.1 Å². The van der Waals surface area contributed by atoms with Gasteiger partial charge in [-0.15, -0.1) is 0 Å². The van der Waals surface area contributed by atoms with Crippen LogP contribution in [0.15, 0.2) is 29.2 Å². The van der Waals surface area contributed by atoms with Gasteiger partial charge in [0.25, 0.3) is 0 Å². The van der Waals surface area contributed by atoms with Crippen LogP contribution in [0, 0.1) is 5.41 Å². The summed E-state index contributed by atoms with van der Waals surface area (Å²) < 4.78 is 0. The van der Waals surface area contributed by atoms with E-state index in [4.69, 9.17) is 0 Å². The molecule has 0 spiro atoms. The number of carbonyl (C=O) groups excluding carboxylic acids is 3. The number of anilines is 1. The van der Waals surface area contributed by atoms with E-state index >= 15 is 0 Å². The van der Waals surface area contributed by atoms with Crippen LogP contribution in [0.1, 0.15) is 59.3 Å². The minimum absolute atomic E-state index is 0.0200. The molecule has 0 radical (unpaired) electrons. The second-order valence-electron chi connectivity index (χ2n) is 7.15. The molecule has 0 heterocycles. The van der Waals surface area contributed by atoms with E-state index < -0.39 is 6.04 Å². The molecule has 1 saturated carbocycles. The van der Waals surface area contributed by atoms with Gasteiger partial charge in [-0.05, 0) is 43.2 Å². The van der Waals surface area contributed by atoms with E-state index in [9.17, 15) is 14.4 Å². The smallest absolute Gasteiger partial charge is 0.230 e. The first-order valence-electron chi connectivity index (χ1n) is 9.25. The monoisotopic (exact) mass is 376 g/mol. The molecule has 0 bridgehead atoms. The molecule has 0 aromatic heterocycles. The molecule has 6 heteroatoms. The van der Waals surface area contributed by atoms with Crippen molar-refractivity contribution in [1.82, 2.24) is 5.32 Å². The van der Waals surface area contributed by atoms with Gasteiger partial charge in [-0.3, -0.25) is 14.4 Å². The van der Waals surface area contributed by atoms with Gasteiger partial charge in [-0.1, -0.05) is 45.2 Å². The Labute approximate surface area is 159 Å². The molecule has 1 atom stereocenters. The predicted molar refractivity (Wildman–Crippen MR) is 105 cm³/mol. The zero-order valence-corrected chi connectivity index (χ0v) is 16.6. The number of amides is 2. The van der Waals surface area contributed by atoms with Crippen molar-refractivity contribution in [3.8, 4) is 0 Å². The van der Waals surface area contributed by atoms with Gasteiger partial charge >= 0.3 is 0 Å². The van der Waals surface area contributed by atoms with Gasteiger partial charge in [0.15, 0.2) is 0 Å². The fraction of sp³-hybridized carbons (Fsp3) is 0.550. The lowest BCUT2D eigenvalue weighted by atomic mass is 9.75. The summed E-state index contributed by atoms with van der Waals surface area (Å²) in [6, 6.07) is 6.80. The Balaban J connectivity index is 2.10. The third-order valence-corrected chi connectivity index (χ3v) is 5.98. The maximum absolute atomic E-state index is 12.8. The maximum Gasteiger partial charge on any atom is 0.230 e. The highest BCUT2D eigenvalue weighted by Crippen LogP contribution is 2.38. The summed E-state index contributed by atoms with van der Waals surface area (Å²) in [5.74, 6) is -0.204. The number of para-hydroxylation sites is 1. The number of hydrogen-bond acceptors (Lipinski definition) is 4. The molecule has 1 unspecified atom stereocenters. The highest BCUT2D eigenvalue weighted by Gasteiger charge is 2.34. The molecule has 1 aliphatic rings. The van der Waals surface area contributed by atoms with Gasteiger partial charge in [-0.25, -0.2) is 0 Å². The summed E-state index contributed by atoms with van der Waals surface area (Å²) in [6.07, 6.45) is 5.66. The van der Waals surface area contributed by atoms with Crippen LogP contribution in [-0.4, -0.2) is 23.0 Å². The SMILES string of the molecule is CCC(NC(C)=O)C(=O)Sc1ccccc1NC(=O)C1(C)CCCCC1. The van der Waals surface area contributed by atoms with Crippen molar-refractivity contribution in [2.24, 2.45) is 5.41 Å². The van der Waals surface area contributed by atoms with E-state index in [1.54, 1.807) is 0 Å². The molecule has 1 fully saturated rings. The van der Waals surface area contributed by atoms with E-state index in [-0.39, 0.29) is 22.3 Å². The number of thioether (sulfide) groups is 1. The first-order valence-corrected chi connectivity index (χ1v) is 10.1. The Kier molecular flexibility index (Phi) is 7.26. The second-order valence-corrected chi connectivity index (χ2v) is 8.20. The molecule has 1 aliphatic carbocycles. The number of benzene rings is 1. The Bertz CT molecular complexity index is 669. The summed E-state index contributed by atoms with van der Waals surface area (Å²) in [6.45, 7) is 5.28. The van der Waals surface area contributed by atoms with Crippen LogP contribution in [-0.2, 0) is 14.4 Å². The van der Waals surface area contributed by atoms with Crippen molar-refractivity contribution >= 4 is 34.4 Å². The molecule has 0 saturated heterocycles. The Morgan fingerprint density at radius 3 is 2.42 bits per heavy atom. The molecular formula is C20H28N2O3S. The standard InChI is InChI=1S/C20H28N2O3S/c1-4-15(21-14(2)23)18(24)26-17-11-7-6-10-16(17)22-19(25)20(3)12-8-5-9-13-20/h6-7,10-11,15H,4-5,8-9,12-13H2,1-3H3,(H,21,23)(H,22,25). The topological polar surface area (TPSA) is 75.3 Å². The van der Waals surface area contributed by atoms with E-state index in [2.05, 4.69) is 10.6 Å². The molecule has 142 valence electrons. The van der Waals surface area contributed by atoms with Crippen LogP contribution in [0.4, 0.5) is 5.69 Å². The van der Waals surface area contributed by atoms with Crippen molar-refractivity contribution in [3.05, 3.63) is 24.3 Å². The normalized spacial score (nSPS) is 17.2. The summed E-state index contributed by atoms with van der Waals surface area (Å²) in [4.78, 5) is 37.3. The van der Waals surface area contributed by atoms with E-state index in [0.29, 0.717) is 17.0 Å². The third kappa shape index (κ3) is 5.34. The summed E-state index contributed by atoms with van der Waals surface area (Å²) in [7, 11) is 0. The first-order chi connectivity index (χ1) is 12.4. The fourth-order valence-corrected chi connectivity index (χ4v) is 4.20. The summed E-state index contributed by atoms with van der Waals surface area (Å²) >= 11 is 1.06. The first kappa shape index (κ1) is 20.5. The van der Waals surface area contributed by atoms with Crippen molar-refractivity contribution in [3.63, 3.8) is 0 Å². The van der Waals surface area contributed by atoms with Gasteiger partial charge in [0, 0.05) is 17.2 Å². The van der Waals surface area contributed by atoms with E-state index in [0.717, 1.165) is 37.4 Å². The van der Waals surface area contributed by atoms with E-state index in [1.165, 1.54) is 13.3 Å². The lowest BCUT2D eigenvalue weighted by Gasteiger charge is -2.32. The average Bonchev–Trinajstić information content (AvgIpc) is 2.61. The van der Waals surface area contributed by atoms with Crippen molar-refractivity contribution in [2.75, 3.05) is 5.32 Å². The largest absolute Gasteiger partial charge is 0.346 e. The Morgan fingerprint density at radius 2 is 1.81 bits per heavy atom. The lowest BCUT2D eigenvalue weighted by Crippen LogP contribution is -2.37. The molecule has 0 aliphatic heterocycles. The Morgan fingerprint density at radius 1 is 1.15 bits per heavy atom. The molecule has 2 N–H and O–H groups in total. The lowest BCUT2D eigenvalue weighted by molar-refractivity contribution is -0.126. The highest BCUT2D eigenvalue weighted by atomic mass is 32.2. The van der Waals surface area contributed by atoms with Gasteiger partial charge < -0.3 is 10.6 Å². The van der Waals surface area contributed by atoms with Gasteiger partial charge in [0.2, 0.25) is 16.9 Å².